The molecule has 0 spiro atoms. The van der Waals surface area contributed by atoms with Gasteiger partial charge >= 0.3 is 0 Å². The van der Waals surface area contributed by atoms with Crippen LogP contribution in [0.15, 0.2) is 15.9 Å². The number of alkyl halides is 1. The highest BCUT2D eigenvalue weighted by atomic mass is 79.9. The third-order valence-corrected chi connectivity index (χ3v) is 5.42. The van der Waals surface area contributed by atoms with Crippen LogP contribution in [0.4, 0.5) is 0 Å². The molecule has 1 aromatic heterocycles. The molecule has 16 heavy (non-hydrogen) atoms. The van der Waals surface area contributed by atoms with Crippen LogP contribution in [0.3, 0.4) is 0 Å². The van der Waals surface area contributed by atoms with Crippen LogP contribution in [0.25, 0.3) is 0 Å². The molecule has 0 aromatic carbocycles. The lowest BCUT2D eigenvalue weighted by Crippen LogP contribution is -2.37. The number of carbonyl (C=O) groups is 1. The summed E-state index contributed by atoms with van der Waals surface area (Å²) < 4.78 is 1.00. The van der Waals surface area contributed by atoms with Crippen molar-refractivity contribution < 1.29 is 4.79 Å². The summed E-state index contributed by atoms with van der Waals surface area (Å²) in [4.78, 5) is 12.7. The highest BCUT2D eigenvalue weighted by molar-refractivity contribution is 9.11. The summed E-state index contributed by atoms with van der Waals surface area (Å²) in [5.41, 5.74) is 0. The van der Waals surface area contributed by atoms with E-state index in [0.717, 1.165) is 20.4 Å². The van der Waals surface area contributed by atoms with Crippen molar-refractivity contribution in [2.45, 2.75) is 25.3 Å². The minimum absolute atomic E-state index is 0.0635. The first kappa shape index (κ1) is 12.6. The van der Waals surface area contributed by atoms with Gasteiger partial charge in [0.2, 0.25) is 0 Å². The zero-order valence-electron chi connectivity index (χ0n) is 8.71. The fourth-order valence-electron chi connectivity index (χ4n) is 2.09. The van der Waals surface area contributed by atoms with Gasteiger partial charge in [0, 0.05) is 11.4 Å². The molecule has 2 nitrogen and oxygen atoms in total. The molecule has 1 aliphatic carbocycles. The minimum atomic E-state index is 0.0635. The first-order valence-corrected chi connectivity index (χ1v) is 8.06. The molecule has 1 saturated carbocycles. The van der Waals surface area contributed by atoms with E-state index < -0.39 is 0 Å². The standard InChI is InChI=1S/C11H13Br2NOS/c12-6-7-2-1-3-8(7)14-11(15)9-4-5-10(13)16-9/h4-5,7-8H,1-3,6H2,(H,14,15). The summed E-state index contributed by atoms with van der Waals surface area (Å²) in [6.07, 6.45) is 3.54. The van der Waals surface area contributed by atoms with Gasteiger partial charge in [0.25, 0.3) is 5.91 Å². The molecule has 0 bridgehead atoms. The van der Waals surface area contributed by atoms with Crippen LogP contribution in [-0.2, 0) is 0 Å². The van der Waals surface area contributed by atoms with Crippen LogP contribution in [0, 0.1) is 5.92 Å². The zero-order chi connectivity index (χ0) is 11.5. The molecule has 88 valence electrons. The summed E-state index contributed by atoms with van der Waals surface area (Å²) in [6, 6.07) is 4.12. The average molecular weight is 367 g/mol. The van der Waals surface area contributed by atoms with Gasteiger partial charge in [-0.3, -0.25) is 4.79 Å². The monoisotopic (exact) mass is 365 g/mol. The number of hydrogen-bond acceptors (Lipinski definition) is 2. The van der Waals surface area contributed by atoms with Gasteiger partial charge in [0.15, 0.2) is 0 Å². The van der Waals surface area contributed by atoms with Gasteiger partial charge in [-0.15, -0.1) is 11.3 Å². The maximum absolute atomic E-state index is 11.9. The van der Waals surface area contributed by atoms with E-state index in [1.807, 2.05) is 12.1 Å². The number of halogens is 2. The van der Waals surface area contributed by atoms with Gasteiger partial charge in [-0.2, -0.15) is 0 Å². The van der Waals surface area contributed by atoms with E-state index in [0.29, 0.717) is 12.0 Å². The van der Waals surface area contributed by atoms with Gasteiger partial charge < -0.3 is 5.32 Å². The molecule has 1 heterocycles. The van der Waals surface area contributed by atoms with Crippen LogP contribution >= 0.6 is 43.2 Å². The van der Waals surface area contributed by atoms with Crippen molar-refractivity contribution in [1.82, 2.24) is 5.32 Å². The lowest BCUT2D eigenvalue weighted by molar-refractivity contribution is 0.0934. The molecular formula is C11H13Br2NOS. The number of thiophene rings is 1. The molecule has 5 heteroatoms. The molecule has 0 radical (unpaired) electrons. The Morgan fingerprint density at radius 2 is 2.31 bits per heavy atom. The number of nitrogens with one attached hydrogen (secondary N) is 1. The van der Waals surface area contributed by atoms with Crippen LogP contribution in [0.5, 0.6) is 0 Å². The quantitative estimate of drug-likeness (QED) is 0.810. The molecule has 1 aliphatic rings. The maximum atomic E-state index is 11.9. The SMILES string of the molecule is O=C(NC1CCCC1CBr)c1ccc(Br)s1. The predicted octanol–water partition coefficient (Wildman–Crippen LogP) is 3.80. The van der Waals surface area contributed by atoms with Crippen LogP contribution < -0.4 is 5.32 Å². The van der Waals surface area contributed by atoms with E-state index >= 15 is 0 Å². The van der Waals surface area contributed by atoms with E-state index in [9.17, 15) is 4.79 Å². The van der Waals surface area contributed by atoms with Crippen molar-refractivity contribution in [1.29, 1.82) is 0 Å². The Hall–Kier alpha value is 0.130. The second kappa shape index (κ2) is 5.65. The Morgan fingerprint density at radius 1 is 1.50 bits per heavy atom. The van der Waals surface area contributed by atoms with E-state index in [1.54, 1.807) is 0 Å². The predicted molar refractivity (Wildman–Crippen MR) is 74.4 cm³/mol. The minimum Gasteiger partial charge on any atom is -0.348 e. The lowest BCUT2D eigenvalue weighted by atomic mass is 10.1. The molecule has 2 unspecified atom stereocenters. The number of rotatable bonds is 3. The first-order valence-electron chi connectivity index (χ1n) is 5.33. The van der Waals surface area contributed by atoms with Crippen LogP contribution in [-0.4, -0.2) is 17.3 Å². The van der Waals surface area contributed by atoms with Gasteiger partial charge in [0.1, 0.15) is 0 Å². The summed E-state index contributed by atoms with van der Waals surface area (Å²) in [6.45, 7) is 0. The molecule has 1 aromatic rings. The Morgan fingerprint density at radius 3 is 2.94 bits per heavy atom. The van der Waals surface area contributed by atoms with Crippen molar-refractivity contribution in [2.75, 3.05) is 5.33 Å². The first-order chi connectivity index (χ1) is 7.70. The molecule has 1 fully saturated rings. The Labute approximate surface area is 116 Å². The fraction of sp³-hybridized carbons (Fsp3) is 0.545. The molecule has 0 saturated heterocycles. The summed E-state index contributed by atoms with van der Waals surface area (Å²) in [7, 11) is 0. The second-order valence-electron chi connectivity index (χ2n) is 4.03. The molecule has 1 amide bonds. The van der Waals surface area contributed by atoms with E-state index in [2.05, 4.69) is 37.2 Å². The highest BCUT2D eigenvalue weighted by Crippen LogP contribution is 2.28. The van der Waals surface area contributed by atoms with Gasteiger partial charge in [-0.1, -0.05) is 22.4 Å². The third kappa shape index (κ3) is 2.87. The summed E-state index contributed by atoms with van der Waals surface area (Å²) in [5, 5.41) is 4.11. The van der Waals surface area contributed by atoms with E-state index in [4.69, 9.17) is 0 Å². The topological polar surface area (TPSA) is 29.1 Å². The van der Waals surface area contributed by atoms with Gasteiger partial charge in [0.05, 0.1) is 8.66 Å². The summed E-state index contributed by atoms with van der Waals surface area (Å²) in [5.74, 6) is 0.654. The van der Waals surface area contributed by atoms with Crippen molar-refractivity contribution in [2.24, 2.45) is 5.92 Å². The number of carbonyl (C=O) groups excluding carboxylic acids is 1. The van der Waals surface area contributed by atoms with E-state index in [-0.39, 0.29) is 5.91 Å². The smallest absolute Gasteiger partial charge is 0.261 e. The van der Waals surface area contributed by atoms with E-state index in [1.165, 1.54) is 24.2 Å². The second-order valence-corrected chi connectivity index (χ2v) is 7.14. The van der Waals surface area contributed by atoms with Crippen molar-refractivity contribution >= 4 is 49.1 Å². The molecular weight excluding hydrogens is 354 g/mol. The lowest BCUT2D eigenvalue weighted by Gasteiger charge is -2.18. The van der Waals surface area contributed by atoms with Crippen molar-refractivity contribution in [3.8, 4) is 0 Å². The number of amides is 1. The molecule has 0 aliphatic heterocycles. The number of hydrogen-bond donors (Lipinski definition) is 1. The van der Waals surface area contributed by atoms with Gasteiger partial charge in [-0.25, -0.2) is 0 Å². The van der Waals surface area contributed by atoms with Crippen LogP contribution in [0.2, 0.25) is 0 Å². The molecule has 2 rings (SSSR count). The Balaban J connectivity index is 1.97. The molecule has 1 N–H and O–H groups in total. The summed E-state index contributed by atoms with van der Waals surface area (Å²) >= 11 is 8.36. The zero-order valence-corrected chi connectivity index (χ0v) is 12.7. The van der Waals surface area contributed by atoms with Gasteiger partial charge in [-0.05, 0) is 46.8 Å². The van der Waals surface area contributed by atoms with Crippen LogP contribution in [0.1, 0.15) is 28.9 Å². The van der Waals surface area contributed by atoms with Crippen molar-refractivity contribution in [3.63, 3.8) is 0 Å². The van der Waals surface area contributed by atoms with Crippen molar-refractivity contribution in [3.05, 3.63) is 20.8 Å². The average Bonchev–Trinajstić information content (AvgIpc) is 2.86. The Bertz CT molecular complexity index is 380. The largest absolute Gasteiger partial charge is 0.348 e. The fourth-order valence-corrected chi connectivity index (χ4v) is 4.15. The molecule has 2 atom stereocenters. The maximum Gasteiger partial charge on any atom is 0.261 e. The Kier molecular flexibility index (Phi) is 4.44. The normalized spacial score (nSPS) is 24.6. The third-order valence-electron chi connectivity index (χ3n) is 2.97. The highest BCUT2D eigenvalue weighted by Gasteiger charge is 2.28.